The van der Waals surface area contributed by atoms with Gasteiger partial charge in [-0.05, 0) is 29.8 Å². The molecule has 14 heteroatoms. The number of amides is 2. The Morgan fingerprint density at radius 2 is 1.66 bits per heavy atom. The molecule has 0 radical (unpaired) electrons. The fourth-order valence-electron chi connectivity index (χ4n) is 3.59. The lowest BCUT2D eigenvalue weighted by Gasteiger charge is -2.16. The summed E-state index contributed by atoms with van der Waals surface area (Å²) in [5.74, 6) is -0.610. The van der Waals surface area contributed by atoms with Gasteiger partial charge in [0, 0.05) is 43.2 Å². The second-order valence-electron chi connectivity index (χ2n) is 8.11. The van der Waals surface area contributed by atoms with Crippen LogP contribution < -0.4 is 34.3 Å². The number of H-pyrrole nitrogens is 1. The molecule has 3 N–H and O–H groups in total. The Balaban J connectivity index is 1.51. The van der Waals surface area contributed by atoms with Crippen molar-refractivity contribution in [3.63, 3.8) is 0 Å². The van der Waals surface area contributed by atoms with E-state index >= 15 is 0 Å². The van der Waals surface area contributed by atoms with Crippen LogP contribution in [0.5, 0.6) is 34.6 Å². The molecule has 2 heterocycles. The first-order valence-electron chi connectivity index (χ1n) is 11.7. The van der Waals surface area contributed by atoms with Crippen LogP contribution in [0.1, 0.15) is 10.5 Å². The molecule has 0 saturated carbocycles. The van der Waals surface area contributed by atoms with Gasteiger partial charge in [0.15, 0.2) is 11.5 Å². The van der Waals surface area contributed by atoms with E-state index in [9.17, 15) is 22.8 Å². The summed E-state index contributed by atoms with van der Waals surface area (Å²) in [6, 6.07) is 13.7. The van der Waals surface area contributed by atoms with Crippen LogP contribution in [-0.2, 0) is 0 Å². The summed E-state index contributed by atoms with van der Waals surface area (Å²) in [6.45, 7) is 0. The fraction of sp³-hybridized carbons (Fsp3) is 0.148. The summed E-state index contributed by atoms with van der Waals surface area (Å²) in [4.78, 5) is 31.2. The highest BCUT2D eigenvalue weighted by atomic mass is 19.4. The number of alkyl halides is 3. The highest BCUT2D eigenvalue weighted by Gasteiger charge is 2.33. The van der Waals surface area contributed by atoms with Crippen LogP contribution in [0.4, 0.5) is 23.7 Å². The normalized spacial score (nSPS) is 10.9. The number of nitrogens with one attached hydrogen (secondary N) is 3. The van der Waals surface area contributed by atoms with E-state index in [2.05, 4.69) is 25.3 Å². The average molecular weight is 572 g/mol. The minimum Gasteiger partial charge on any atom is -0.494 e. The molecule has 0 atom stereocenters. The van der Waals surface area contributed by atoms with E-state index in [0.717, 1.165) is 6.07 Å². The number of aromatic nitrogens is 2. The first-order chi connectivity index (χ1) is 19.6. The molecule has 0 spiro atoms. The number of rotatable bonds is 9. The maximum absolute atomic E-state index is 13.0. The largest absolute Gasteiger partial charge is 0.573 e. The smallest absolute Gasteiger partial charge is 0.494 e. The van der Waals surface area contributed by atoms with E-state index in [1.165, 1.54) is 39.6 Å². The van der Waals surface area contributed by atoms with E-state index in [-0.39, 0.29) is 28.8 Å². The summed E-state index contributed by atoms with van der Waals surface area (Å²) in [7, 11) is 3.88. The van der Waals surface area contributed by atoms with Crippen molar-refractivity contribution >= 4 is 17.7 Å². The molecule has 4 aromatic rings. The lowest BCUT2D eigenvalue weighted by Crippen LogP contribution is -2.22. The second kappa shape index (κ2) is 12.2. The number of hydrogen-bond donors (Lipinski definition) is 3. The molecule has 0 bridgehead atoms. The summed E-state index contributed by atoms with van der Waals surface area (Å²) >= 11 is 0. The van der Waals surface area contributed by atoms with Gasteiger partial charge in [-0.3, -0.25) is 4.79 Å². The zero-order valence-corrected chi connectivity index (χ0v) is 21.8. The van der Waals surface area contributed by atoms with Crippen molar-refractivity contribution in [2.75, 3.05) is 26.6 Å². The Morgan fingerprint density at radius 1 is 0.902 bits per heavy atom. The third-order valence-electron chi connectivity index (χ3n) is 5.40. The second-order valence-corrected chi connectivity index (χ2v) is 8.11. The number of anilines is 1. The van der Waals surface area contributed by atoms with Gasteiger partial charge in [-0.25, -0.2) is 9.78 Å². The van der Waals surface area contributed by atoms with Gasteiger partial charge in [0.2, 0.25) is 5.88 Å². The lowest BCUT2D eigenvalue weighted by atomic mass is 10.1. The van der Waals surface area contributed by atoms with Crippen molar-refractivity contribution in [2.24, 2.45) is 0 Å². The molecule has 0 aliphatic heterocycles. The Labute approximate surface area is 231 Å². The number of ether oxygens (including phenoxy) is 5. The molecule has 41 heavy (non-hydrogen) atoms. The molecule has 11 nitrogen and oxygen atoms in total. The Kier molecular flexibility index (Phi) is 8.51. The summed E-state index contributed by atoms with van der Waals surface area (Å²) < 4.78 is 63.6. The van der Waals surface area contributed by atoms with Gasteiger partial charge in [-0.2, -0.15) is 0 Å². The Hall–Kier alpha value is -5.40. The van der Waals surface area contributed by atoms with Gasteiger partial charge in [0.25, 0.3) is 5.91 Å². The number of halogens is 3. The standard InChI is InChI=1S/C27H23F3N4O7/c1-31-26(36)40-24-11-18(7-8-32-24)39-17-6-4-5-15(9-17)16-10-20(33-14-16)25(35)34-19-12-23(41-27(28,29)30)22(38-3)13-21(19)37-2/h4-14,33H,1-3H3,(H,31,36)(H,34,35). The topological polar surface area (TPSA) is 133 Å². The summed E-state index contributed by atoms with van der Waals surface area (Å²) in [6.07, 6.45) is -2.65. The molecule has 2 aromatic carbocycles. The number of carbonyl (C=O) groups excluding carboxylic acids is 2. The highest BCUT2D eigenvalue weighted by Crippen LogP contribution is 2.40. The zero-order chi connectivity index (χ0) is 29.6. The number of hydrogen-bond acceptors (Lipinski definition) is 8. The Morgan fingerprint density at radius 3 is 2.37 bits per heavy atom. The average Bonchev–Trinajstić information content (AvgIpc) is 3.43. The number of nitrogens with zero attached hydrogens (tertiary/aromatic N) is 1. The third kappa shape index (κ3) is 7.38. The molecule has 0 aliphatic rings. The molecule has 2 amide bonds. The van der Waals surface area contributed by atoms with E-state index in [1.807, 2.05) is 0 Å². The predicted molar refractivity (Wildman–Crippen MR) is 140 cm³/mol. The zero-order valence-electron chi connectivity index (χ0n) is 21.8. The minimum absolute atomic E-state index is 0.0462. The quantitative estimate of drug-likeness (QED) is 0.231. The van der Waals surface area contributed by atoms with Gasteiger partial charge >= 0.3 is 12.5 Å². The Bertz CT molecular complexity index is 1560. The maximum atomic E-state index is 13.0. The molecule has 0 aliphatic carbocycles. The van der Waals surface area contributed by atoms with Crippen LogP contribution in [0.2, 0.25) is 0 Å². The van der Waals surface area contributed by atoms with Crippen LogP contribution in [0, 0.1) is 0 Å². The monoisotopic (exact) mass is 572 g/mol. The summed E-state index contributed by atoms with van der Waals surface area (Å²) in [5.41, 5.74) is 1.37. The molecule has 2 aromatic heterocycles. The highest BCUT2D eigenvalue weighted by molar-refractivity contribution is 6.04. The number of aromatic amines is 1. The van der Waals surface area contributed by atoms with E-state index in [0.29, 0.717) is 22.6 Å². The third-order valence-corrected chi connectivity index (χ3v) is 5.40. The van der Waals surface area contributed by atoms with Gasteiger partial charge < -0.3 is 39.3 Å². The molecular formula is C27H23F3N4O7. The molecule has 214 valence electrons. The maximum Gasteiger partial charge on any atom is 0.573 e. The van der Waals surface area contributed by atoms with Crippen molar-refractivity contribution in [3.05, 3.63) is 72.7 Å². The van der Waals surface area contributed by atoms with Crippen LogP contribution in [0.25, 0.3) is 11.1 Å². The van der Waals surface area contributed by atoms with Crippen LogP contribution in [-0.4, -0.2) is 49.6 Å². The van der Waals surface area contributed by atoms with Gasteiger partial charge in [-0.15, -0.1) is 13.2 Å². The molecule has 4 rings (SSSR count). The molecule has 0 fully saturated rings. The first kappa shape index (κ1) is 28.6. The van der Waals surface area contributed by atoms with Crippen molar-refractivity contribution in [2.45, 2.75) is 6.36 Å². The number of methoxy groups -OCH3 is 2. The van der Waals surface area contributed by atoms with Crippen LogP contribution in [0.15, 0.2) is 67.0 Å². The number of carbonyl (C=O) groups is 2. The van der Waals surface area contributed by atoms with E-state index in [4.69, 9.17) is 18.9 Å². The van der Waals surface area contributed by atoms with Gasteiger partial charge in [0.1, 0.15) is 22.9 Å². The summed E-state index contributed by atoms with van der Waals surface area (Å²) in [5, 5.41) is 4.84. The van der Waals surface area contributed by atoms with Gasteiger partial charge in [0.05, 0.1) is 19.9 Å². The lowest BCUT2D eigenvalue weighted by molar-refractivity contribution is -0.275. The molecule has 0 unspecified atom stereocenters. The van der Waals surface area contributed by atoms with Crippen LogP contribution >= 0.6 is 0 Å². The van der Waals surface area contributed by atoms with Crippen molar-refractivity contribution in [3.8, 4) is 45.8 Å². The first-order valence-corrected chi connectivity index (χ1v) is 11.7. The SMILES string of the molecule is CNC(=O)Oc1cc(Oc2cccc(-c3c[nH]c(C(=O)Nc4cc(OC(F)(F)F)c(OC)cc4OC)c3)c2)ccn1. The van der Waals surface area contributed by atoms with Crippen LogP contribution in [0.3, 0.4) is 0 Å². The number of pyridine rings is 1. The molecule has 0 saturated heterocycles. The number of benzene rings is 2. The minimum atomic E-state index is -4.98. The van der Waals surface area contributed by atoms with E-state index in [1.54, 1.807) is 42.6 Å². The molecular weight excluding hydrogens is 549 g/mol. The van der Waals surface area contributed by atoms with Crippen molar-refractivity contribution < 1.29 is 46.4 Å². The fourth-order valence-corrected chi connectivity index (χ4v) is 3.59. The predicted octanol–water partition coefficient (Wildman–Crippen LogP) is 5.76. The van der Waals surface area contributed by atoms with Gasteiger partial charge in [-0.1, -0.05) is 12.1 Å². The van der Waals surface area contributed by atoms with E-state index < -0.39 is 24.1 Å². The van der Waals surface area contributed by atoms with Crippen molar-refractivity contribution in [1.29, 1.82) is 0 Å². The van der Waals surface area contributed by atoms with Crippen molar-refractivity contribution in [1.82, 2.24) is 15.3 Å².